The van der Waals surface area contributed by atoms with Crippen LogP contribution in [0, 0.1) is 5.92 Å². The van der Waals surface area contributed by atoms with E-state index < -0.39 is 0 Å². The molecule has 3 unspecified atom stereocenters. The molecule has 154 valence electrons. The molecule has 0 N–H and O–H groups in total. The Hall–Kier alpha value is -2.25. The summed E-state index contributed by atoms with van der Waals surface area (Å²) in [4.78, 5) is 15.3. The molecule has 2 aliphatic heterocycles. The fraction of sp³-hybridized carbons (Fsp3) is 0.409. The van der Waals surface area contributed by atoms with Crippen LogP contribution < -0.4 is 14.2 Å². The first kappa shape index (κ1) is 20.0. The molecule has 7 heteroatoms. The van der Waals surface area contributed by atoms with Crippen molar-refractivity contribution in [1.82, 2.24) is 4.90 Å². The smallest absolute Gasteiger partial charge is 0.311 e. The minimum atomic E-state index is -0.332. The lowest BCUT2D eigenvalue weighted by Crippen LogP contribution is -2.29. The lowest BCUT2D eigenvalue weighted by molar-refractivity contribution is -0.149. The van der Waals surface area contributed by atoms with Crippen molar-refractivity contribution in [3.63, 3.8) is 0 Å². The molecular formula is C22H24BrNO5. The molecule has 1 saturated heterocycles. The van der Waals surface area contributed by atoms with E-state index in [2.05, 4.69) is 20.8 Å². The van der Waals surface area contributed by atoms with Crippen molar-refractivity contribution in [3.05, 3.63) is 53.6 Å². The van der Waals surface area contributed by atoms with Gasteiger partial charge in [-0.1, -0.05) is 34.1 Å². The molecule has 0 saturated carbocycles. The number of methoxy groups -OCH3 is 1. The van der Waals surface area contributed by atoms with E-state index in [0.717, 1.165) is 34.9 Å². The highest BCUT2D eigenvalue weighted by molar-refractivity contribution is 9.09. The summed E-state index contributed by atoms with van der Waals surface area (Å²) in [7, 11) is 1.65. The van der Waals surface area contributed by atoms with E-state index in [4.69, 9.17) is 18.9 Å². The summed E-state index contributed by atoms with van der Waals surface area (Å²) in [5.74, 6) is 1.72. The third kappa shape index (κ3) is 3.81. The van der Waals surface area contributed by atoms with Crippen molar-refractivity contribution in [1.29, 1.82) is 0 Å². The number of benzene rings is 2. The number of hydrogen-bond acceptors (Lipinski definition) is 6. The zero-order valence-electron chi connectivity index (χ0n) is 16.5. The Morgan fingerprint density at radius 1 is 1.14 bits per heavy atom. The minimum Gasteiger partial charge on any atom is -0.497 e. The first-order chi connectivity index (χ1) is 14.2. The number of likely N-dealkylation sites (tertiary alicyclic amines) is 1. The summed E-state index contributed by atoms with van der Waals surface area (Å²) < 4.78 is 21.8. The van der Waals surface area contributed by atoms with Crippen LogP contribution in [-0.2, 0) is 9.53 Å². The van der Waals surface area contributed by atoms with Crippen LogP contribution in [0.4, 0.5) is 0 Å². The first-order valence-corrected chi connectivity index (χ1v) is 10.8. The number of hydrogen-bond donors (Lipinski definition) is 0. The van der Waals surface area contributed by atoms with E-state index in [1.165, 1.54) is 0 Å². The molecule has 2 aromatic carbocycles. The number of rotatable bonds is 6. The zero-order chi connectivity index (χ0) is 20.4. The van der Waals surface area contributed by atoms with Gasteiger partial charge in [-0.15, -0.1) is 0 Å². The van der Waals surface area contributed by atoms with Crippen molar-refractivity contribution >= 4 is 21.9 Å². The van der Waals surface area contributed by atoms with Gasteiger partial charge in [0.05, 0.1) is 25.1 Å². The Bertz CT molecular complexity index is 872. The van der Waals surface area contributed by atoms with Crippen LogP contribution in [0.5, 0.6) is 17.2 Å². The molecule has 3 atom stereocenters. The Kier molecular flexibility index (Phi) is 5.96. The lowest BCUT2D eigenvalue weighted by atomic mass is 9.82. The molecule has 2 heterocycles. The van der Waals surface area contributed by atoms with Gasteiger partial charge in [0.25, 0.3) is 0 Å². The second-order valence-corrected chi connectivity index (χ2v) is 7.61. The molecule has 6 nitrogen and oxygen atoms in total. The summed E-state index contributed by atoms with van der Waals surface area (Å²) in [6.07, 6.45) is 0. The van der Waals surface area contributed by atoms with E-state index >= 15 is 0 Å². The SMILES string of the molecule is CCOC(=O)C1C(c2ccc3c(c2)OCO3)CN(CBr)C1c1ccc(OC)cc1. The monoisotopic (exact) mass is 461 g/mol. The summed E-state index contributed by atoms with van der Waals surface area (Å²) in [6.45, 7) is 3.15. The van der Waals surface area contributed by atoms with Crippen LogP contribution in [0.25, 0.3) is 0 Å². The molecule has 0 aliphatic carbocycles. The van der Waals surface area contributed by atoms with Gasteiger partial charge < -0.3 is 18.9 Å². The van der Waals surface area contributed by atoms with Gasteiger partial charge in [0.1, 0.15) is 5.75 Å². The Labute approximate surface area is 178 Å². The average Bonchev–Trinajstić information content (AvgIpc) is 3.37. The third-order valence-electron chi connectivity index (χ3n) is 5.59. The highest BCUT2D eigenvalue weighted by Gasteiger charge is 2.47. The van der Waals surface area contributed by atoms with Crippen molar-refractivity contribution < 1.29 is 23.7 Å². The molecule has 29 heavy (non-hydrogen) atoms. The topological polar surface area (TPSA) is 57.2 Å². The van der Waals surface area contributed by atoms with Gasteiger partial charge in [-0.3, -0.25) is 9.69 Å². The van der Waals surface area contributed by atoms with Crippen LogP contribution in [0.2, 0.25) is 0 Å². The van der Waals surface area contributed by atoms with Gasteiger partial charge in [0.2, 0.25) is 6.79 Å². The molecule has 0 bridgehead atoms. The maximum Gasteiger partial charge on any atom is 0.311 e. The predicted octanol–water partition coefficient (Wildman–Crippen LogP) is 4.10. The van der Waals surface area contributed by atoms with Crippen LogP contribution >= 0.6 is 15.9 Å². The van der Waals surface area contributed by atoms with Crippen LogP contribution in [0.15, 0.2) is 42.5 Å². The number of carbonyl (C=O) groups is 1. The number of ether oxygens (including phenoxy) is 4. The van der Waals surface area contributed by atoms with Crippen LogP contribution in [-0.4, -0.2) is 43.4 Å². The summed E-state index contributed by atoms with van der Waals surface area (Å²) >= 11 is 3.61. The second kappa shape index (κ2) is 8.63. The van der Waals surface area contributed by atoms with Gasteiger partial charge >= 0.3 is 5.97 Å². The number of esters is 1. The number of carbonyl (C=O) groups excluding carboxylic acids is 1. The highest BCUT2D eigenvalue weighted by atomic mass is 79.9. The van der Waals surface area contributed by atoms with Gasteiger partial charge in [0.15, 0.2) is 11.5 Å². The molecule has 0 amide bonds. The van der Waals surface area contributed by atoms with Crippen molar-refractivity contribution in [2.24, 2.45) is 5.92 Å². The third-order valence-corrected chi connectivity index (χ3v) is 6.24. The largest absolute Gasteiger partial charge is 0.497 e. The quantitative estimate of drug-likeness (QED) is 0.366. The predicted molar refractivity (Wildman–Crippen MR) is 112 cm³/mol. The molecule has 4 rings (SSSR count). The van der Waals surface area contributed by atoms with Gasteiger partial charge in [-0.2, -0.15) is 0 Å². The summed E-state index contributed by atoms with van der Waals surface area (Å²) in [6, 6.07) is 13.7. The Balaban J connectivity index is 1.73. The Morgan fingerprint density at radius 2 is 1.86 bits per heavy atom. The van der Waals surface area contributed by atoms with E-state index in [1.54, 1.807) is 7.11 Å². The van der Waals surface area contributed by atoms with Crippen LogP contribution in [0.1, 0.15) is 30.0 Å². The molecule has 0 spiro atoms. The summed E-state index contributed by atoms with van der Waals surface area (Å²) in [5.41, 5.74) is 2.77. The minimum absolute atomic E-state index is 0.0202. The first-order valence-electron chi connectivity index (χ1n) is 9.66. The number of nitrogens with zero attached hydrogens (tertiary/aromatic N) is 1. The zero-order valence-corrected chi connectivity index (χ0v) is 18.1. The number of fused-ring (bicyclic) bond motifs is 1. The average molecular weight is 462 g/mol. The number of halogens is 1. The fourth-order valence-corrected chi connectivity index (χ4v) is 4.77. The normalized spacial score (nSPS) is 23.2. The highest BCUT2D eigenvalue weighted by Crippen LogP contribution is 2.48. The molecule has 2 aliphatic rings. The standard InChI is InChI=1S/C22H24BrNO5/c1-3-27-22(25)20-17(15-6-9-18-19(10-15)29-13-28-18)11-24(12-23)21(20)14-4-7-16(26-2)8-5-14/h4-10,17,20-21H,3,11-13H2,1-2H3. The van der Waals surface area contributed by atoms with E-state index in [0.29, 0.717) is 12.1 Å². The summed E-state index contributed by atoms with van der Waals surface area (Å²) in [5, 5.41) is 0. The van der Waals surface area contributed by atoms with Crippen molar-refractivity contribution in [2.75, 3.05) is 32.5 Å². The number of alkyl halides is 1. The van der Waals surface area contributed by atoms with E-state index in [9.17, 15) is 4.79 Å². The van der Waals surface area contributed by atoms with E-state index in [1.807, 2.05) is 49.4 Å². The Morgan fingerprint density at radius 3 is 2.55 bits per heavy atom. The molecule has 1 fully saturated rings. The maximum absolute atomic E-state index is 13.1. The molecule has 0 aromatic heterocycles. The van der Waals surface area contributed by atoms with Gasteiger partial charge in [-0.25, -0.2) is 0 Å². The van der Waals surface area contributed by atoms with Gasteiger partial charge in [-0.05, 0) is 42.3 Å². The van der Waals surface area contributed by atoms with Gasteiger partial charge in [0, 0.05) is 18.5 Å². The second-order valence-electron chi connectivity index (χ2n) is 7.11. The van der Waals surface area contributed by atoms with Crippen molar-refractivity contribution in [3.8, 4) is 17.2 Å². The molecule has 0 radical (unpaired) electrons. The van der Waals surface area contributed by atoms with Crippen LogP contribution in [0.3, 0.4) is 0 Å². The molecule has 2 aromatic rings. The van der Waals surface area contributed by atoms with Crippen molar-refractivity contribution in [2.45, 2.75) is 18.9 Å². The molecular weight excluding hydrogens is 438 g/mol. The maximum atomic E-state index is 13.1. The van der Waals surface area contributed by atoms with E-state index in [-0.39, 0.29) is 30.6 Å². The lowest BCUT2D eigenvalue weighted by Gasteiger charge is -2.27. The fourth-order valence-electron chi connectivity index (χ4n) is 4.26.